The van der Waals surface area contributed by atoms with E-state index in [0.717, 1.165) is 41.8 Å². The first-order valence-corrected chi connectivity index (χ1v) is 11.3. The molecule has 1 fully saturated rings. The molecule has 4 rings (SSSR count). The van der Waals surface area contributed by atoms with E-state index in [1.807, 2.05) is 12.1 Å². The molecule has 0 spiro atoms. The lowest BCUT2D eigenvalue weighted by Gasteiger charge is -2.28. The molecule has 1 aromatic carbocycles. The molecule has 2 aromatic heterocycles. The number of nitrogen functional groups attached to an aromatic ring is 1. The number of rotatable bonds is 6. The van der Waals surface area contributed by atoms with Crippen LogP contribution in [0.25, 0.3) is 10.2 Å². The molecule has 0 unspecified atom stereocenters. The van der Waals surface area contributed by atoms with Gasteiger partial charge in [0.25, 0.3) is 5.91 Å². The number of anilines is 2. The Morgan fingerprint density at radius 1 is 1.14 bits per heavy atom. The number of carbonyl (C=O) groups is 1. The number of thiophene rings is 1. The lowest BCUT2D eigenvalue weighted by molar-refractivity contribution is 0.0959. The Morgan fingerprint density at radius 2 is 1.90 bits per heavy atom. The predicted octanol–water partition coefficient (Wildman–Crippen LogP) is 4.40. The molecule has 29 heavy (non-hydrogen) atoms. The first kappa shape index (κ1) is 19.7. The maximum atomic E-state index is 12.6. The number of pyridine rings is 1. The Labute approximate surface area is 175 Å². The molecule has 6 heteroatoms. The van der Waals surface area contributed by atoms with Crippen molar-refractivity contribution in [3.05, 3.63) is 52.5 Å². The van der Waals surface area contributed by atoms with Crippen LogP contribution < -0.4 is 16.0 Å². The molecule has 0 aliphatic carbocycles. The predicted molar refractivity (Wildman–Crippen MR) is 122 cm³/mol. The molecule has 3 N–H and O–H groups in total. The molecular formula is C23H28N4OS. The van der Waals surface area contributed by atoms with Gasteiger partial charge in [-0.15, -0.1) is 11.3 Å². The van der Waals surface area contributed by atoms with Gasteiger partial charge in [0.1, 0.15) is 9.71 Å². The zero-order valence-electron chi connectivity index (χ0n) is 16.9. The van der Waals surface area contributed by atoms with Crippen LogP contribution in [0.2, 0.25) is 0 Å². The van der Waals surface area contributed by atoms with Crippen molar-refractivity contribution >= 4 is 38.8 Å². The van der Waals surface area contributed by atoms with Gasteiger partial charge in [0.15, 0.2) is 0 Å². The van der Waals surface area contributed by atoms with E-state index in [1.165, 1.54) is 41.9 Å². The molecule has 1 aliphatic rings. The zero-order chi connectivity index (χ0) is 20.2. The number of aromatic nitrogens is 1. The first-order valence-electron chi connectivity index (χ1n) is 10.5. The topological polar surface area (TPSA) is 71.2 Å². The highest BCUT2D eigenvalue weighted by atomic mass is 32.1. The van der Waals surface area contributed by atoms with Crippen LogP contribution in [0.5, 0.6) is 0 Å². The number of fused-ring (bicyclic) bond motifs is 1. The Hall–Kier alpha value is -2.60. The number of hydrogen-bond donors (Lipinski definition) is 2. The minimum Gasteiger partial charge on any atom is -0.397 e. The summed E-state index contributed by atoms with van der Waals surface area (Å²) in [5.41, 5.74) is 10.3. The summed E-state index contributed by atoms with van der Waals surface area (Å²) in [6.45, 7) is 4.96. The number of carbonyl (C=O) groups excluding carboxylic acids is 1. The van der Waals surface area contributed by atoms with Crippen molar-refractivity contribution in [2.75, 3.05) is 30.3 Å². The minimum absolute atomic E-state index is 0.117. The van der Waals surface area contributed by atoms with Crippen LogP contribution in [-0.2, 0) is 12.8 Å². The second kappa shape index (κ2) is 8.82. The van der Waals surface area contributed by atoms with Crippen molar-refractivity contribution < 1.29 is 4.79 Å². The average molecular weight is 409 g/mol. The van der Waals surface area contributed by atoms with Gasteiger partial charge >= 0.3 is 0 Å². The Bertz CT molecular complexity index is 990. The van der Waals surface area contributed by atoms with Crippen LogP contribution in [0.3, 0.4) is 0 Å². The molecule has 0 atom stereocenters. The van der Waals surface area contributed by atoms with Gasteiger partial charge in [0, 0.05) is 36.4 Å². The highest BCUT2D eigenvalue weighted by Crippen LogP contribution is 2.32. The summed E-state index contributed by atoms with van der Waals surface area (Å²) < 4.78 is 0. The van der Waals surface area contributed by atoms with E-state index in [2.05, 4.69) is 46.4 Å². The largest absolute Gasteiger partial charge is 0.397 e. The summed E-state index contributed by atoms with van der Waals surface area (Å²) in [6.07, 6.45) is 5.57. The number of benzene rings is 1. The third-order valence-electron chi connectivity index (χ3n) is 5.58. The highest BCUT2D eigenvalue weighted by molar-refractivity contribution is 7.21. The van der Waals surface area contributed by atoms with E-state index in [9.17, 15) is 4.79 Å². The fraction of sp³-hybridized carbons (Fsp3) is 0.391. The molecular weight excluding hydrogens is 380 g/mol. The number of piperidine rings is 1. The van der Waals surface area contributed by atoms with Crippen LogP contribution >= 0.6 is 11.3 Å². The minimum atomic E-state index is -0.117. The number of nitrogens with one attached hydrogen (secondary N) is 1. The van der Waals surface area contributed by atoms with Gasteiger partial charge in [0.2, 0.25) is 0 Å². The Kier molecular flexibility index (Phi) is 6.00. The van der Waals surface area contributed by atoms with Crippen LogP contribution in [0.15, 0.2) is 36.4 Å². The molecule has 1 aliphatic heterocycles. The molecule has 1 amide bonds. The number of hydrogen-bond acceptors (Lipinski definition) is 5. The van der Waals surface area contributed by atoms with Gasteiger partial charge in [0.05, 0.1) is 5.69 Å². The number of amides is 1. The van der Waals surface area contributed by atoms with Crippen molar-refractivity contribution in [1.29, 1.82) is 0 Å². The molecule has 0 bridgehead atoms. The van der Waals surface area contributed by atoms with Crippen molar-refractivity contribution in [3.8, 4) is 0 Å². The van der Waals surface area contributed by atoms with E-state index in [0.29, 0.717) is 17.1 Å². The summed E-state index contributed by atoms with van der Waals surface area (Å²) in [6, 6.07) is 12.7. The van der Waals surface area contributed by atoms with Crippen LogP contribution in [0, 0.1) is 0 Å². The summed E-state index contributed by atoms with van der Waals surface area (Å²) in [7, 11) is 0. The van der Waals surface area contributed by atoms with Crippen molar-refractivity contribution in [2.45, 2.75) is 39.0 Å². The molecule has 3 aromatic rings. The van der Waals surface area contributed by atoms with E-state index in [-0.39, 0.29) is 5.91 Å². The van der Waals surface area contributed by atoms with Gasteiger partial charge in [-0.3, -0.25) is 4.79 Å². The quantitative estimate of drug-likeness (QED) is 0.634. The fourth-order valence-electron chi connectivity index (χ4n) is 3.83. The monoisotopic (exact) mass is 408 g/mol. The molecule has 0 saturated carbocycles. The number of nitrogens with two attached hydrogens (primary N) is 1. The molecule has 152 valence electrons. The zero-order valence-corrected chi connectivity index (χ0v) is 17.7. The third-order valence-corrected chi connectivity index (χ3v) is 6.69. The van der Waals surface area contributed by atoms with Crippen LogP contribution in [0.1, 0.15) is 47.1 Å². The van der Waals surface area contributed by atoms with Crippen molar-refractivity contribution in [1.82, 2.24) is 10.3 Å². The second-order valence-corrected chi connectivity index (χ2v) is 8.57. The number of aryl methyl sites for hydroxylation is 1. The summed E-state index contributed by atoms with van der Waals surface area (Å²) in [4.78, 5) is 21.1. The SMILES string of the molecule is CCc1ccc2c(N)c(C(=O)NCCc3ccc(N4CCCCC4)cc3)sc2n1. The van der Waals surface area contributed by atoms with Crippen molar-refractivity contribution in [2.24, 2.45) is 0 Å². The second-order valence-electron chi connectivity index (χ2n) is 7.57. The maximum Gasteiger partial charge on any atom is 0.263 e. The van der Waals surface area contributed by atoms with Crippen LogP contribution in [0.4, 0.5) is 11.4 Å². The first-order chi connectivity index (χ1) is 14.2. The van der Waals surface area contributed by atoms with Gasteiger partial charge in [-0.2, -0.15) is 0 Å². The smallest absolute Gasteiger partial charge is 0.263 e. The Balaban J connectivity index is 1.35. The fourth-order valence-corrected chi connectivity index (χ4v) is 4.86. The van der Waals surface area contributed by atoms with E-state index in [1.54, 1.807) is 0 Å². The number of nitrogens with zero attached hydrogens (tertiary/aromatic N) is 2. The van der Waals surface area contributed by atoms with E-state index in [4.69, 9.17) is 5.73 Å². The summed E-state index contributed by atoms with van der Waals surface area (Å²) in [5.74, 6) is -0.117. The molecule has 0 radical (unpaired) electrons. The lowest BCUT2D eigenvalue weighted by atomic mass is 10.1. The normalized spacial score (nSPS) is 14.3. The maximum absolute atomic E-state index is 12.6. The lowest BCUT2D eigenvalue weighted by Crippen LogP contribution is -2.29. The van der Waals surface area contributed by atoms with E-state index >= 15 is 0 Å². The molecule has 3 heterocycles. The molecule has 1 saturated heterocycles. The van der Waals surface area contributed by atoms with Crippen LogP contribution in [-0.4, -0.2) is 30.5 Å². The van der Waals surface area contributed by atoms with Crippen molar-refractivity contribution in [3.63, 3.8) is 0 Å². The highest BCUT2D eigenvalue weighted by Gasteiger charge is 2.17. The molecule has 5 nitrogen and oxygen atoms in total. The summed E-state index contributed by atoms with van der Waals surface area (Å²) >= 11 is 1.37. The Morgan fingerprint density at radius 3 is 2.62 bits per heavy atom. The van der Waals surface area contributed by atoms with E-state index < -0.39 is 0 Å². The van der Waals surface area contributed by atoms with Gasteiger partial charge < -0.3 is 16.0 Å². The third kappa shape index (κ3) is 4.37. The average Bonchev–Trinajstić information content (AvgIpc) is 3.10. The van der Waals surface area contributed by atoms with Gasteiger partial charge in [-0.05, 0) is 61.9 Å². The van der Waals surface area contributed by atoms with Gasteiger partial charge in [-0.25, -0.2) is 4.98 Å². The van der Waals surface area contributed by atoms with Gasteiger partial charge in [-0.1, -0.05) is 19.1 Å². The standard InChI is InChI=1S/C23H28N4OS/c1-2-17-8-11-19-20(24)21(29-23(19)26-17)22(28)25-13-12-16-6-9-18(10-7-16)27-14-4-3-5-15-27/h6-11H,2-5,12-15,24H2,1H3,(H,25,28). The summed E-state index contributed by atoms with van der Waals surface area (Å²) in [5, 5.41) is 3.88.